The Hall–Kier alpha value is -1.63. The molecule has 0 saturated heterocycles. The van der Waals surface area contributed by atoms with Crippen molar-refractivity contribution in [3.63, 3.8) is 0 Å². The normalized spacial score (nSPS) is 13.9. The summed E-state index contributed by atoms with van der Waals surface area (Å²) in [5.74, 6) is -0.743. The molecule has 1 aliphatic carbocycles. The summed E-state index contributed by atoms with van der Waals surface area (Å²) in [6.07, 6.45) is 2.61. The van der Waals surface area contributed by atoms with Gasteiger partial charge in [0.25, 0.3) is 0 Å². The van der Waals surface area contributed by atoms with Crippen LogP contribution in [-0.4, -0.2) is 42.8 Å². The Kier molecular flexibility index (Phi) is 6.88. The number of amides is 3. The molecule has 0 aliphatic heterocycles. The first kappa shape index (κ1) is 15.4. The Morgan fingerprint density at radius 2 is 1.95 bits per heavy atom. The molecule has 0 spiro atoms. The molecule has 0 unspecified atom stereocenters. The Morgan fingerprint density at radius 3 is 2.58 bits per heavy atom. The van der Waals surface area contributed by atoms with Crippen LogP contribution >= 0.6 is 0 Å². The topological polar surface area (TPSA) is 105 Å². The molecule has 19 heavy (non-hydrogen) atoms. The van der Waals surface area contributed by atoms with E-state index in [0.29, 0.717) is 19.1 Å². The predicted octanol–water partition coefficient (Wildman–Crippen LogP) is 0.494. The molecule has 3 amide bonds. The number of hydrogen-bond acceptors (Lipinski definition) is 4. The lowest BCUT2D eigenvalue weighted by Gasteiger charge is -2.07. The molecule has 0 aromatic rings. The number of urea groups is 1. The molecule has 3 N–H and O–H groups in total. The van der Waals surface area contributed by atoms with Gasteiger partial charge < -0.3 is 15.2 Å². The Morgan fingerprint density at radius 1 is 1.21 bits per heavy atom. The van der Waals surface area contributed by atoms with Crippen LogP contribution in [0.4, 0.5) is 4.79 Å². The Labute approximate surface area is 111 Å². The summed E-state index contributed by atoms with van der Waals surface area (Å²) in [6.45, 7) is 1.51. The van der Waals surface area contributed by atoms with Crippen LogP contribution < -0.4 is 10.6 Å². The standard InChI is InChI=1S/C12H20N2O5/c15-10(2-1-3-11(16)17)14-12(18)13-6-7-19-8-9-4-5-9/h9H,1-8H2,(H,16,17)(H2,13,14,15,18). The summed E-state index contributed by atoms with van der Waals surface area (Å²) < 4.78 is 5.31. The third kappa shape index (κ3) is 9.01. The fourth-order valence-electron chi connectivity index (χ4n) is 1.40. The minimum atomic E-state index is -0.954. The van der Waals surface area contributed by atoms with Crippen molar-refractivity contribution in [3.05, 3.63) is 0 Å². The molecule has 7 nitrogen and oxygen atoms in total. The van der Waals surface area contributed by atoms with Crippen LogP contribution in [0, 0.1) is 5.92 Å². The van der Waals surface area contributed by atoms with Gasteiger partial charge in [0.2, 0.25) is 5.91 Å². The number of hydrogen-bond donors (Lipinski definition) is 3. The highest BCUT2D eigenvalue weighted by Crippen LogP contribution is 2.28. The van der Waals surface area contributed by atoms with Crippen molar-refractivity contribution < 1.29 is 24.2 Å². The van der Waals surface area contributed by atoms with Crippen LogP contribution in [0.25, 0.3) is 0 Å². The minimum absolute atomic E-state index is 0.0257. The highest BCUT2D eigenvalue weighted by atomic mass is 16.5. The monoisotopic (exact) mass is 272 g/mol. The Balaban J connectivity index is 1.93. The number of aliphatic carboxylic acids is 1. The van der Waals surface area contributed by atoms with Gasteiger partial charge in [-0.15, -0.1) is 0 Å². The first-order chi connectivity index (χ1) is 9.08. The number of imide groups is 1. The maximum absolute atomic E-state index is 11.2. The van der Waals surface area contributed by atoms with Crippen molar-refractivity contribution in [2.24, 2.45) is 5.92 Å². The van der Waals surface area contributed by atoms with Gasteiger partial charge in [0.05, 0.1) is 6.61 Å². The van der Waals surface area contributed by atoms with Crippen molar-refractivity contribution in [2.45, 2.75) is 32.1 Å². The second-order valence-electron chi connectivity index (χ2n) is 4.57. The molecule has 0 aromatic heterocycles. The lowest BCUT2D eigenvalue weighted by atomic mass is 10.2. The molecule has 7 heteroatoms. The molecular formula is C12H20N2O5. The van der Waals surface area contributed by atoms with E-state index >= 15 is 0 Å². The van der Waals surface area contributed by atoms with Gasteiger partial charge in [0.1, 0.15) is 0 Å². The second kappa shape index (κ2) is 8.47. The number of carboxylic acids is 1. The van der Waals surface area contributed by atoms with E-state index in [2.05, 4.69) is 10.6 Å². The van der Waals surface area contributed by atoms with Crippen molar-refractivity contribution in [3.8, 4) is 0 Å². The van der Waals surface area contributed by atoms with E-state index in [1.807, 2.05) is 0 Å². The van der Waals surface area contributed by atoms with E-state index in [-0.39, 0.29) is 19.3 Å². The van der Waals surface area contributed by atoms with Crippen LogP contribution in [-0.2, 0) is 14.3 Å². The molecule has 1 fully saturated rings. The maximum Gasteiger partial charge on any atom is 0.321 e. The quantitative estimate of drug-likeness (QED) is 0.530. The van der Waals surface area contributed by atoms with E-state index < -0.39 is 17.9 Å². The molecule has 0 bridgehead atoms. The third-order valence-electron chi connectivity index (χ3n) is 2.63. The van der Waals surface area contributed by atoms with Crippen LogP contribution in [0.3, 0.4) is 0 Å². The summed E-state index contributed by atoms with van der Waals surface area (Å²) in [5.41, 5.74) is 0. The number of carboxylic acid groups (broad SMARTS) is 1. The third-order valence-corrected chi connectivity index (χ3v) is 2.63. The van der Waals surface area contributed by atoms with E-state index in [1.165, 1.54) is 12.8 Å². The fourth-order valence-corrected chi connectivity index (χ4v) is 1.40. The fraction of sp³-hybridized carbons (Fsp3) is 0.750. The zero-order valence-electron chi connectivity index (χ0n) is 10.8. The van der Waals surface area contributed by atoms with Crippen LogP contribution in [0.15, 0.2) is 0 Å². The number of rotatable bonds is 9. The number of carbonyl (C=O) groups is 3. The zero-order valence-corrected chi connectivity index (χ0v) is 10.8. The van der Waals surface area contributed by atoms with Crippen molar-refractivity contribution >= 4 is 17.9 Å². The van der Waals surface area contributed by atoms with Gasteiger partial charge in [-0.05, 0) is 25.2 Å². The summed E-state index contributed by atoms with van der Waals surface area (Å²) in [6, 6.07) is -0.574. The van der Waals surface area contributed by atoms with Crippen molar-refractivity contribution in [1.82, 2.24) is 10.6 Å². The van der Waals surface area contributed by atoms with Gasteiger partial charge in [-0.2, -0.15) is 0 Å². The van der Waals surface area contributed by atoms with Crippen LogP contribution in [0.2, 0.25) is 0 Å². The lowest BCUT2D eigenvalue weighted by Crippen LogP contribution is -2.40. The van der Waals surface area contributed by atoms with Gasteiger partial charge in [-0.25, -0.2) is 4.79 Å². The van der Waals surface area contributed by atoms with Gasteiger partial charge in [0.15, 0.2) is 0 Å². The number of nitrogens with one attached hydrogen (secondary N) is 2. The molecule has 0 aromatic carbocycles. The van der Waals surface area contributed by atoms with Gasteiger partial charge in [-0.3, -0.25) is 14.9 Å². The first-order valence-corrected chi connectivity index (χ1v) is 6.45. The Bertz CT molecular complexity index is 328. The minimum Gasteiger partial charge on any atom is -0.481 e. The average molecular weight is 272 g/mol. The molecule has 1 aliphatic rings. The van der Waals surface area contributed by atoms with Crippen LogP contribution in [0.1, 0.15) is 32.1 Å². The molecule has 0 atom stereocenters. The summed E-state index contributed by atoms with van der Waals surface area (Å²) in [5, 5.41) is 13.0. The second-order valence-corrected chi connectivity index (χ2v) is 4.57. The highest BCUT2D eigenvalue weighted by Gasteiger charge is 2.20. The summed E-state index contributed by atoms with van der Waals surface area (Å²) in [4.78, 5) is 32.7. The summed E-state index contributed by atoms with van der Waals surface area (Å²) in [7, 11) is 0. The predicted molar refractivity (Wildman–Crippen MR) is 66.6 cm³/mol. The zero-order chi connectivity index (χ0) is 14.1. The molecule has 0 radical (unpaired) electrons. The van der Waals surface area contributed by atoms with E-state index in [9.17, 15) is 14.4 Å². The molecule has 1 rings (SSSR count). The summed E-state index contributed by atoms with van der Waals surface area (Å²) >= 11 is 0. The molecular weight excluding hydrogens is 252 g/mol. The first-order valence-electron chi connectivity index (χ1n) is 6.45. The largest absolute Gasteiger partial charge is 0.481 e. The van der Waals surface area contributed by atoms with E-state index in [1.54, 1.807) is 0 Å². The van der Waals surface area contributed by atoms with Crippen molar-refractivity contribution in [1.29, 1.82) is 0 Å². The van der Waals surface area contributed by atoms with Gasteiger partial charge >= 0.3 is 12.0 Å². The van der Waals surface area contributed by atoms with Gasteiger partial charge in [-0.1, -0.05) is 0 Å². The average Bonchev–Trinajstić information content (AvgIpc) is 3.11. The van der Waals surface area contributed by atoms with Crippen molar-refractivity contribution in [2.75, 3.05) is 19.8 Å². The number of ether oxygens (including phenoxy) is 1. The lowest BCUT2D eigenvalue weighted by molar-refractivity contribution is -0.137. The number of carbonyl (C=O) groups excluding carboxylic acids is 2. The van der Waals surface area contributed by atoms with Gasteiger partial charge in [0, 0.05) is 26.0 Å². The molecule has 1 saturated carbocycles. The highest BCUT2D eigenvalue weighted by molar-refractivity contribution is 5.94. The molecule has 0 heterocycles. The van der Waals surface area contributed by atoms with E-state index in [4.69, 9.17) is 9.84 Å². The maximum atomic E-state index is 11.2. The van der Waals surface area contributed by atoms with E-state index in [0.717, 1.165) is 6.61 Å². The van der Waals surface area contributed by atoms with Crippen LogP contribution in [0.5, 0.6) is 0 Å². The SMILES string of the molecule is O=C(O)CCCC(=O)NC(=O)NCCOCC1CC1. The smallest absolute Gasteiger partial charge is 0.321 e. The molecule has 108 valence electrons.